The van der Waals surface area contributed by atoms with Crippen molar-refractivity contribution in [2.75, 3.05) is 40.4 Å². The van der Waals surface area contributed by atoms with Crippen LogP contribution in [-0.4, -0.2) is 63.0 Å². The highest BCUT2D eigenvalue weighted by atomic mass is 32.3. The van der Waals surface area contributed by atoms with E-state index in [2.05, 4.69) is 25.1 Å². The molecule has 0 aliphatic carbocycles. The van der Waals surface area contributed by atoms with E-state index in [0.29, 0.717) is 6.61 Å². The Kier molecular flexibility index (Phi) is 9.17. The lowest BCUT2D eigenvalue weighted by molar-refractivity contribution is -0.906. The topological polar surface area (TPSA) is 86.7 Å². The van der Waals surface area contributed by atoms with E-state index in [4.69, 9.17) is 5.11 Å². The van der Waals surface area contributed by atoms with Crippen LogP contribution >= 0.6 is 0 Å². The number of hydrogen-bond acceptors (Lipinski definition) is 5. The molecule has 0 aromatic rings. The van der Waals surface area contributed by atoms with E-state index < -0.39 is 10.4 Å². The summed E-state index contributed by atoms with van der Waals surface area (Å²) in [6.07, 6.45) is 0. The largest absolute Gasteiger partial charge is 0.726 e. The number of likely N-dealkylation sites (N-methyl/N-ethyl adjacent to an activating group) is 1. The van der Waals surface area contributed by atoms with Crippen LogP contribution in [0, 0.1) is 0 Å². The Morgan fingerprint density at radius 1 is 1.33 bits per heavy atom. The van der Waals surface area contributed by atoms with Gasteiger partial charge in [-0.1, -0.05) is 0 Å². The summed E-state index contributed by atoms with van der Waals surface area (Å²) in [5.41, 5.74) is 0. The molecule has 0 heterocycles. The summed E-state index contributed by atoms with van der Waals surface area (Å²) in [6, 6.07) is 0. The molecule has 94 valence electrons. The molecule has 0 radical (unpaired) electrons. The molecule has 15 heavy (non-hydrogen) atoms. The highest BCUT2D eigenvalue weighted by Gasteiger charge is 2.13. The molecule has 1 N–H and O–H groups in total. The fourth-order valence-corrected chi connectivity index (χ4v) is 0.781. The van der Waals surface area contributed by atoms with E-state index in [1.807, 2.05) is 0 Å². The average Bonchev–Trinajstić information content (AvgIpc) is 2.18. The van der Waals surface area contributed by atoms with Gasteiger partial charge in [-0.15, -0.1) is 0 Å². The Morgan fingerprint density at radius 3 is 1.73 bits per heavy atom. The highest BCUT2D eigenvalue weighted by molar-refractivity contribution is 7.80. The lowest BCUT2D eigenvalue weighted by atomic mass is 10.4. The van der Waals surface area contributed by atoms with Gasteiger partial charge >= 0.3 is 0 Å². The Balaban J connectivity index is 0. The van der Waals surface area contributed by atoms with Gasteiger partial charge in [0.2, 0.25) is 10.4 Å². The molecular weight excluding hydrogens is 222 g/mol. The van der Waals surface area contributed by atoms with Crippen molar-refractivity contribution < 1.29 is 26.7 Å². The molecule has 0 saturated heterocycles. The van der Waals surface area contributed by atoms with E-state index in [1.54, 1.807) is 0 Å². The fraction of sp³-hybridized carbons (Fsp3) is 1.00. The molecule has 0 aliphatic heterocycles. The van der Waals surface area contributed by atoms with E-state index >= 15 is 0 Å². The zero-order valence-electron chi connectivity index (χ0n) is 9.76. The molecule has 0 unspecified atom stereocenters. The Hall–Kier alpha value is -0.210. The number of quaternary nitrogens is 1. The smallest absolute Gasteiger partial charge is 0.217 e. The van der Waals surface area contributed by atoms with E-state index in [1.165, 1.54) is 0 Å². The number of aliphatic hydroxyl groups is 1. The van der Waals surface area contributed by atoms with Crippen molar-refractivity contribution in [1.82, 2.24) is 0 Å². The van der Waals surface area contributed by atoms with Crippen molar-refractivity contribution in [1.29, 1.82) is 0 Å². The predicted octanol–water partition coefficient (Wildman–Crippen LogP) is -0.442. The minimum Gasteiger partial charge on any atom is -0.726 e. The molecule has 0 aromatic heterocycles. The standard InChI is InChI=1S/C7H18NO.CH4O4S/c1-4-8(3,5-2)6-7-9;1-5-6(2,3)4/h9H,4-7H2,1-3H3;1H3,(H,2,3,4)/q+1;/p-1. The first-order valence-corrected chi connectivity index (χ1v) is 6.03. The van der Waals surface area contributed by atoms with Gasteiger partial charge in [-0.05, 0) is 13.8 Å². The molecule has 0 fully saturated rings. The number of nitrogens with zero attached hydrogens (tertiary/aromatic N) is 1. The number of rotatable bonds is 5. The van der Waals surface area contributed by atoms with Gasteiger partial charge in [0, 0.05) is 0 Å². The maximum Gasteiger partial charge on any atom is 0.217 e. The fourth-order valence-electron chi connectivity index (χ4n) is 0.781. The van der Waals surface area contributed by atoms with Crippen LogP contribution in [0.1, 0.15) is 13.8 Å². The zero-order valence-corrected chi connectivity index (χ0v) is 10.6. The van der Waals surface area contributed by atoms with Crippen LogP contribution in [0.5, 0.6) is 0 Å². The van der Waals surface area contributed by atoms with Crippen LogP contribution in [0.15, 0.2) is 0 Å². The van der Waals surface area contributed by atoms with E-state index in [9.17, 15) is 13.0 Å². The normalized spacial score (nSPS) is 11.9. The van der Waals surface area contributed by atoms with Gasteiger partial charge in [-0.2, -0.15) is 0 Å². The first-order chi connectivity index (χ1) is 6.74. The van der Waals surface area contributed by atoms with Gasteiger partial charge < -0.3 is 14.1 Å². The molecule has 0 saturated carbocycles. The summed E-state index contributed by atoms with van der Waals surface area (Å²) >= 11 is 0. The SMILES string of the molecule is CC[N+](C)(CC)CCO.COS(=O)(=O)[O-]. The van der Waals surface area contributed by atoms with Crippen LogP contribution in [0.25, 0.3) is 0 Å². The maximum atomic E-state index is 9.22. The third-order valence-corrected chi connectivity index (χ3v) is 2.78. The first kappa shape index (κ1) is 17.2. The second-order valence-electron chi connectivity index (χ2n) is 3.27. The maximum absolute atomic E-state index is 9.22. The second kappa shape index (κ2) is 8.00. The average molecular weight is 243 g/mol. The van der Waals surface area contributed by atoms with Gasteiger partial charge in [0.15, 0.2) is 0 Å². The first-order valence-electron chi connectivity index (χ1n) is 4.70. The summed E-state index contributed by atoms with van der Waals surface area (Å²) in [5, 5.41) is 8.65. The quantitative estimate of drug-likeness (QED) is 0.402. The third kappa shape index (κ3) is 11.7. The van der Waals surface area contributed by atoms with Crippen molar-refractivity contribution in [2.24, 2.45) is 0 Å². The van der Waals surface area contributed by atoms with Crippen LogP contribution in [-0.2, 0) is 14.6 Å². The van der Waals surface area contributed by atoms with Crippen molar-refractivity contribution in [3.8, 4) is 0 Å². The van der Waals surface area contributed by atoms with Gasteiger partial charge in [0.1, 0.15) is 6.54 Å². The molecule has 0 aromatic carbocycles. The van der Waals surface area contributed by atoms with Crippen molar-refractivity contribution >= 4 is 10.4 Å². The third-order valence-electron chi connectivity index (χ3n) is 2.37. The molecule has 6 nitrogen and oxygen atoms in total. The van der Waals surface area contributed by atoms with Gasteiger partial charge in [0.25, 0.3) is 0 Å². The summed E-state index contributed by atoms with van der Waals surface area (Å²) in [4.78, 5) is 0. The molecule has 0 bridgehead atoms. The van der Waals surface area contributed by atoms with Crippen molar-refractivity contribution in [2.45, 2.75) is 13.8 Å². The van der Waals surface area contributed by atoms with Gasteiger partial charge in [-0.3, -0.25) is 4.18 Å². The highest BCUT2D eigenvalue weighted by Crippen LogP contribution is 1.98. The second-order valence-corrected chi connectivity index (χ2v) is 4.42. The Morgan fingerprint density at radius 2 is 1.67 bits per heavy atom. The van der Waals surface area contributed by atoms with E-state index in [-0.39, 0.29) is 0 Å². The van der Waals surface area contributed by atoms with Crippen LogP contribution in [0.2, 0.25) is 0 Å². The molecule has 0 amide bonds. The lowest BCUT2D eigenvalue weighted by Gasteiger charge is -2.31. The molecule has 7 heteroatoms. The summed E-state index contributed by atoms with van der Waals surface area (Å²) in [7, 11) is -1.44. The molecule has 0 atom stereocenters. The molecule has 0 spiro atoms. The minimum absolute atomic E-state index is 0.304. The van der Waals surface area contributed by atoms with Crippen molar-refractivity contribution in [3.63, 3.8) is 0 Å². The Labute approximate surface area is 92.0 Å². The van der Waals surface area contributed by atoms with Crippen molar-refractivity contribution in [3.05, 3.63) is 0 Å². The zero-order chi connectivity index (χ0) is 12.5. The minimum atomic E-state index is -4.41. The Bertz CT molecular complexity index is 235. The predicted molar refractivity (Wildman–Crippen MR) is 55.9 cm³/mol. The number of hydrogen-bond donors (Lipinski definition) is 1. The summed E-state index contributed by atoms with van der Waals surface area (Å²) in [5.74, 6) is 0. The molecule has 0 rings (SSSR count). The summed E-state index contributed by atoms with van der Waals surface area (Å²) < 4.78 is 32.0. The van der Waals surface area contributed by atoms with Gasteiger partial charge in [-0.25, -0.2) is 8.42 Å². The van der Waals surface area contributed by atoms with Gasteiger partial charge in [0.05, 0.1) is 33.9 Å². The lowest BCUT2D eigenvalue weighted by Crippen LogP contribution is -2.45. The monoisotopic (exact) mass is 243 g/mol. The summed E-state index contributed by atoms with van der Waals surface area (Å²) in [6.45, 7) is 7.71. The van der Waals surface area contributed by atoms with Crippen LogP contribution in [0.4, 0.5) is 0 Å². The van der Waals surface area contributed by atoms with E-state index in [0.717, 1.165) is 31.2 Å². The van der Waals surface area contributed by atoms with Crippen LogP contribution < -0.4 is 0 Å². The molecular formula is C8H21NO5S. The molecule has 0 aliphatic rings. The number of aliphatic hydroxyl groups excluding tert-OH is 1. The van der Waals surface area contributed by atoms with Crippen LogP contribution in [0.3, 0.4) is 0 Å².